The molecule has 1 N–H and O–H groups in total. The van der Waals surface area contributed by atoms with Crippen LogP contribution in [0.3, 0.4) is 0 Å². The van der Waals surface area contributed by atoms with Gasteiger partial charge in [-0.3, -0.25) is 19.8 Å². The summed E-state index contributed by atoms with van der Waals surface area (Å²) in [5.74, 6) is -0.231. The van der Waals surface area contributed by atoms with E-state index in [1.54, 1.807) is 17.0 Å². The highest BCUT2D eigenvalue weighted by atomic mass is 16.6. The first-order chi connectivity index (χ1) is 9.97. The average molecular weight is 293 g/mol. The predicted molar refractivity (Wildman–Crippen MR) is 76.6 cm³/mol. The van der Waals surface area contributed by atoms with Crippen LogP contribution in [0, 0.1) is 10.1 Å². The van der Waals surface area contributed by atoms with E-state index in [1.165, 1.54) is 19.1 Å². The van der Waals surface area contributed by atoms with Crippen LogP contribution >= 0.6 is 0 Å². The Morgan fingerprint density at radius 3 is 2.33 bits per heavy atom. The van der Waals surface area contributed by atoms with Crippen LogP contribution in [0.2, 0.25) is 0 Å². The van der Waals surface area contributed by atoms with E-state index < -0.39 is 11.0 Å². The molecule has 0 aliphatic carbocycles. The first-order valence-electron chi connectivity index (χ1n) is 6.90. The lowest BCUT2D eigenvalue weighted by Crippen LogP contribution is -2.50. The summed E-state index contributed by atoms with van der Waals surface area (Å²) in [6, 6.07) is 6.52. The first-order valence-corrected chi connectivity index (χ1v) is 6.90. The minimum Gasteiger partial charge on any atom is -0.384 e. The van der Waals surface area contributed by atoms with E-state index in [9.17, 15) is 20.0 Å². The second-order valence-electron chi connectivity index (χ2n) is 5.20. The number of hydrogen-bond donors (Lipinski definition) is 1. The van der Waals surface area contributed by atoms with Gasteiger partial charge >= 0.3 is 0 Å². The summed E-state index contributed by atoms with van der Waals surface area (Å²) in [7, 11) is 0. The third kappa shape index (κ3) is 3.99. The number of aliphatic hydroxyl groups excluding tert-OH is 1. The van der Waals surface area contributed by atoms with Crippen LogP contribution in [0.15, 0.2) is 24.3 Å². The van der Waals surface area contributed by atoms with Crippen molar-refractivity contribution in [1.29, 1.82) is 0 Å². The molecule has 1 aliphatic heterocycles. The second-order valence-corrected chi connectivity index (χ2v) is 5.20. The number of nitro benzene ring substituents is 1. The number of carbonyl (C=O) groups is 1. The molecule has 1 atom stereocenters. The number of rotatable bonds is 4. The van der Waals surface area contributed by atoms with Crippen molar-refractivity contribution in [2.24, 2.45) is 0 Å². The molecule has 1 aromatic carbocycles. The summed E-state index contributed by atoms with van der Waals surface area (Å²) in [5.41, 5.74) is 1.10. The van der Waals surface area contributed by atoms with E-state index in [4.69, 9.17) is 0 Å². The van der Waals surface area contributed by atoms with Gasteiger partial charge in [0.2, 0.25) is 0 Å². The third-order valence-electron chi connectivity index (χ3n) is 3.59. The molecule has 0 saturated carbocycles. The molecule has 0 spiro atoms. The highest BCUT2D eigenvalue weighted by Crippen LogP contribution is 2.14. The maximum atomic E-state index is 11.7. The van der Waals surface area contributed by atoms with E-state index >= 15 is 0 Å². The number of amides is 1. The van der Waals surface area contributed by atoms with Gasteiger partial charge in [-0.05, 0) is 12.5 Å². The molecule has 1 unspecified atom stereocenters. The normalized spacial score (nSPS) is 17.5. The topological polar surface area (TPSA) is 86.9 Å². The Labute approximate surface area is 122 Å². The van der Waals surface area contributed by atoms with Gasteiger partial charge in [-0.15, -0.1) is 0 Å². The number of nitrogens with zero attached hydrogens (tertiary/aromatic N) is 3. The average Bonchev–Trinajstić information content (AvgIpc) is 2.47. The number of non-ortho nitro benzene ring substituents is 1. The maximum Gasteiger partial charge on any atom is 0.269 e. The molecule has 114 valence electrons. The van der Waals surface area contributed by atoms with Gasteiger partial charge in [0.25, 0.3) is 11.6 Å². The number of piperazine rings is 1. The van der Waals surface area contributed by atoms with Crippen molar-refractivity contribution in [3.05, 3.63) is 39.9 Å². The molecule has 1 amide bonds. The summed E-state index contributed by atoms with van der Waals surface area (Å²) >= 11 is 0. The van der Waals surface area contributed by atoms with E-state index in [0.29, 0.717) is 19.6 Å². The molecule has 21 heavy (non-hydrogen) atoms. The Bertz CT molecular complexity index is 507. The van der Waals surface area contributed by atoms with Gasteiger partial charge in [-0.1, -0.05) is 12.1 Å². The molecule has 7 nitrogen and oxygen atoms in total. The summed E-state index contributed by atoms with van der Waals surface area (Å²) in [6.07, 6.45) is -0.953. The van der Waals surface area contributed by atoms with E-state index in [2.05, 4.69) is 4.90 Å². The van der Waals surface area contributed by atoms with Crippen LogP contribution in [0.5, 0.6) is 0 Å². The number of nitro groups is 1. The van der Waals surface area contributed by atoms with Gasteiger partial charge in [0.05, 0.1) is 4.92 Å². The minimum absolute atomic E-state index is 0.0890. The molecule has 1 aliphatic rings. The molecule has 0 radical (unpaired) electrons. The number of aliphatic hydroxyl groups is 1. The fraction of sp³-hybridized carbons (Fsp3) is 0.500. The number of carbonyl (C=O) groups excluding carboxylic acids is 1. The molecule has 1 fully saturated rings. The Morgan fingerprint density at radius 1 is 1.29 bits per heavy atom. The Balaban J connectivity index is 1.86. The molecular formula is C14H19N3O4. The highest BCUT2D eigenvalue weighted by molar-refractivity contribution is 5.80. The van der Waals surface area contributed by atoms with Crippen LogP contribution in [0.25, 0.3) is 0 Å². The molecular weight excluding hydrogens is 274 g/mol. The molecule has 1 aromatic rings. The minimum atomic E-state index is -0.953. The predicted octanol–water partition coefficient (Wildman–Crippen LogP) is 0.620. The fourth-order valence-corrected chi connectivity index (χ4v) is 2.37. The van der Waals surface area contributed by atoms with Crippen molar-refractivity contribution in [1.82, 2.24) is 9.80 Å². The zero-order chi connectivity index (χ0) is 15.4. The van der Waals surface area contributed by atoms with Gasteiger partial charge in [-0.2, -0.15) is 0 Å². The van der Waals surface area contributed by atoms with E-state index in [1.807, 2.05) is 0 Å². The third-order valence-corrected chi connectivity index (χ3v) is 3.59. The van der Waals surface area contributed by atoms with Gasteiger partial charge in [-0.25, -0.2) is 0 Å². The van der Waals surface area contributed by atoms with Crippen molar-refractivity contribution in [3.8, 4) is 0 Å². The summed E-state index contributed by atoms with van der Waals surface area (Å²) in [6.45, 7) is 4.83. The first kappa shape index (κ1) is 15.4. The van der Waals surface area contributed by atoms with Crippen molar-refractivity contribution in [2.75, 3.05) is 26.2 Å². The monoisotopic (exact) mass is 293 g/mol. The van der Waals surface area contributed by atoms with Crippen molar-refractivity contribution in [3.63, 3.8) is 0 Å². The van der Waals surface area contributed by atoms with E-state index in [-0.39, 0.29) is 11.6 Å². The van der Waals surface area contributed by atoms with Crippen molar-refractivity contribution in [2.45, 2.75) is 19.6 Å². The quantitative estimate of drug-likeness (QED) is 0.649. The zero-order valence-corrected chi connectivity index (χ0v) is 11.9. The molecule has 1 saturated heterocycles. The SMILES string of the molecule is CC(O)C(=O)N1CCN(Cc2ccc([N+](=O)[O-])cc2)CC1. The zero-order valence-electron chi connectivity index (χ0n) is 11.9. The Hall–Kier alpha value is -1.99. The molecule has 2 rings (SSSR count). The lowest BCUT2D eigenvalue weighted by molar-refractivity contribution is -0.384. The largest absolute Gasteiger partial charge is 0.384 e. The molecule has 7 heteroatoms. The Morgan fingerprint density at radius 2 is 1.86 bits per heavy atom. The molecule has 1 heterocycles. The number of benzene rings is 1. The van der Waals surface area contributed by atoms with Gasteiger partial charge < -0.3 is 10.0 Å². The van der Waals surface area contributed by atoms with Crippen LogP contribution in [0.4, 0.5) is 5.69 Å². The fourth-order valence-electron chi connectivity index (χ4n) is 2.37. The van der Waals surface area contributed by atoms with Gasteiger partial charge in [0, 0.05) is 44.9 Å². The molecule has 0 bridgehead atoms. The van der Waals surface area contributed by atoms with Crippen LogP contribution in [-0.4, -0.2) is 58.0 Å². The second kappa shape index (κ2) is 6.64. The number of hydrogen-bond acceptors (Lipinski definition) is 5. The van der Waals surface area contributed by atoms with Crippen LogP contribution in [0.1, 0.15) is 12.5 Å². The smallest absolute Gasteiger partial charge is 0.269 e. The summed E-state index contributed by atoms with van der Waals surface area (Å²) in [5, 5.41) is 19.9. The lowest BCUT2D eigenvalue weighted by Gasteiger charge is -2.35. The van der Waals surface area contributed by atoms with Crippen molar-refractivity contribution >= 4 is 11.6 Å². The molecule has 0 aromatic heterocycles. The van der Waals surface area contributed by atoms with Gasteiger partial charge in [0.1, 0.15) is 6.10 Å². The van der Waals surface area contributed by atoms with Gasteiger partial charge in [0.15, 0.2) is 0 Å². The highest BCUT2D eigenvalue weighted by Gasteiger charge is 2.23. The van der Waals surface area contributed by atoms with E-state index in [0.717, 1.165) is 18.7 Å². The van der Waals surface area contributed by atoms with Crippen LogP contribution < -0.4 is 0 Å². The lowest BCUT2D eigenvalue weighted by atomic mass is 10.1. The summed E-state index contributed by atoms with van der Waals surface area (Å²) in [4.78, 5) is 25.7. The standard InChI is InChI=1S/C14H19N3O4/c1-11(18)14(19)16-8-6-15(7-9-16)10-12-2-4-13(5-3-12)17(20)21/h2-5,11,18H,6-10H2,1H3. The maximum absolute atomic E-state index is 11.7. The van der Waals surface area contributed by atoms with Crippen molar-refractivity contribution < 1.29 is 14.8 Å². The Kier molecular flexibility index (Phi) is 4.87. The van der Waals surface area contributed by atoms with Crippen LogP contribution in [-0.2, 0) is 11.3 Å². The summed E-state index contributed by atoms with van der Waals surface area (Å²) < 4.78 is 0.